The van der Waals surface area contributed by atoms with E-state index in [0.29, 0.717) is 6.54 Å². The topological polar surface area (TPSA) is 29.9 Å². The van der Waals surface area contributed by atoms with Crippen molar-refractivity contribution in [3.8, 4) is 0 Å². The van der Waals surface area contributed by atoms with Gasteiger partial charge in [-0.25, -0.2) is 4.39 Å². The van der Waals surface area contributed by atoms with Crippen LogP contribution in [0.3, 0.4) is 0 Å². The molecule has 1 aromatic carbocycles. The SMILES string of the molecule is CCc1cc(CNc2ccc(F)c(C(F)(F)F)c2)n(C)n1. The summed E-state index contributed by atoms with van der Waals surface area (Å²) in [4.78, 5) is 0. The summed E-state index contributed by atoms with van der Waals surface area (Å²) >= 11 is 0. The van der Waals surface area contributed by atoms with Gasteiger partial charge in [-0.05, 0) is 30.7 Å². The molecular formula is C14H15F4N3. The van der Waals surface area contributed by atoms with Gasteiger partial charge in [0.2, 0.25) is 0 Å². The minimum atomic E-state index is -4.70. The predicted octanol–water partition coefficient (Wildman–Crippen LogP) is 3.75. The summed E-state index contributed by atoms with van der Waals surface area (Å²) < 4.78 is 52.7. The van der Waals surface area contributed by atoms with Crippen LogP contribution in [0.5, 0.6) is 0 Å². The maximum Gasteiger partial charge on any atom is 0.419 e. The molecule has 2 rings (SSSR count). The van der Waals surface area contributed by atoms with Crippen LogP contribution < -0.4 is 5.32 Å². The van der Waals surface area contributed by atoms with Gasteiger partial charge in [-0.1, -0.05) is 6.92 Å². The highest BCUT2D eigenvalue weighted by Crippen LogP contribution is 2.33. The fraction of sp³-hybridized carbons (Fsp3) is 0.357. The second kappa shape index (κ2) is 5.75. The molecule has 21 heavy (non-hydrogen) atoms. The van der Waals surface area contributed by atoms with Crippen LogP contribution in [0.25, 0.3) is 0 Å². The largest absolute Gasteiger partial charge is 0.419 e. The van der Waals surface area contributed by atoms with Gasteiger partial charge in [-0.15, -0.1) is 0 Å². The van der Waals surface area contributed by atoms with Gasteiger partial charge in [0.15, 0.2) is 0 Å². The number of halogens is 4. The second-order valence-corrected chi connectivity index (χ2v) is 4.65. The summed E-state index contributed by atoms with van der Waals surface area (Å²) in [5.41, 5.74) is 0.684. The quantitative estimate of drug-likeness (QED) is 0.872. The number of nitrogens with zero attached hydrogens (tertiary/aromatic N) is 2. The van der Waals surface area contributed by atoms with E-state index in [1.807, 2.05) is 13.0 Å². The molecular weight excluding hydrogens is 286 g/mol. The van der Waals surface area contributed by atoms with Gasteiger partial charge in [0.1, 0.15) is 5.82 Å². The maximum absolute atomic E-state index is 13.2. The molecule has 2 aromatic rings. The van der Waals surface area contributed by atoms with Crippen LogP contribution in [-0.4, -0.2) is 9.78 Å². The van der Waals surface area contributed by atoms with E-state index in [-0.39, 0.29) is 5.69 Å². The highest BCUT2D eigenvalue weighted by atomic mass is 19.4. The summed E-state index contributed by atoms with van der Waals surface area (Å²) in [5, 5.41) is 7.10. The van der Waals surface area contributed by atoms with E-state index in [1.54, 1.807) is 11.7 Å². The number of aryl methyl sites for hydroxylation is 2. The zero-order chi connectivity index (χ0) is 15.6. The molecule has 0 radical (unpaired) electrons. The van der Waals surface area contributed by atoms with Gasteiger partial charge in [-0.2, -0.15) is 18.3 Å². The first-order chi connectivity index (χ1) is 9.81. The maximum atomic E-state index is 13.2. The number of hydrogen-bond acceptors (Lipinski definition) is 2. The molecule has 1 heterocycles. The van der Waals surface area contributed by atoms with Crippen molar-refractivity contribution in [3.05, 3.63) is 47.0 Å². The van der Waals surface area contributed by atoms with Crippen molar-refractivity contribution in [2.45, 2.75) is 26.1 Å². The standard InChI is InChI=1S/C14H15F4N3/c1-3-9-6-11(21(2)20-9)8-19-10-4-5-13(15)12(7-10)14(16,17)18/h4-7,19H,3,8H2,1-2H3. The molecule has 0 unspecified atom stereocenters. The lowest BCUT2D eigenvalue weighted by atomic mass is 10.1. The predicted molar refractivity (Wildman–Crippen MR) is 71.3 cm³/mol. The summed E-state index contributed by atoms with van der Waals surface area (Å²) in [7, 11) is 1.77. The van der Waals surface area contributed by atoms with E-state index in [4.69, 9.17) is 0 Å². The number of anilines is 1. The molecule has 0 atom stereocenters. The first-order valence-electron chi connectivity index (χ1n) is 6.43. The molecule has 0 amide bonds. The van der Waals surface area contributed by atoms with E-state index in [9.17, 15) is 17.6 Å². The highest BCUT2D eigenvalue weighted by Gasteiger charge is 2.34. The summed E-state index contributed by atoms with van der Waals surface area (Å²) in [5.74, 6) is -1.28. The monoisotopic (exact) mass is 301 g/mol. The van der Waals surface area contributed by atoms with Crippen LogP contribution in [0.15, 0.2) is 24.3 Å². The van der Waals surface area contributed by atoms with Crippen molar-refractivity contribution in [3.63, 3.8) is 0 Å². The van der Waals surface area contributed by atoms with Gasteiger partial charge in [-0.3, -0.25) is 4.68 Å². The third-order valence-electron chi connectivity index (χ3n) is 3.13. The molecule has 0 saturated carbocycles. The van der Waals surface area contributed by atoms with Crippen molar-refractivity contribution in [2.24, 2.45) is 7.05 Å². The van der Waals surface area contributed by atoms with Gasteiger partial charge >= 0.3 is 6.18 Å². The van der Waals surface area contributed by atoms with Gasteiger partial charge in [0, 0.05) is 12.7 Å². The van der Waals surface area contributed by atoms with Crippen LogP contribution in [-0.2, 0) is 26.2 Å². The average Bonchev–Trinajstić information content (AvgIpc) is 2.77. The van der Waals surface area contributed by atoms with Crippen LogP contribution in [0.1, 0.15) is 23.9 Å². The van der Waals surface area contributed by atoms with E-state index < -0.39 is 17.6 Å². The zero-order valence-electron chi connectivity index (χ0n) is 11.6. The fourth-order valence-electron chi connectivity index (χ4n) is 1.95. The van der Waals surface area contributed by atoms with Crippen molar-refractivity contribution in [1.29, 1.82) is 0 Å². The Bertz CT molecular complexity index is 632. The van der Waals surface area contributed by atoms with E-state index in [1.165, 1.54) is 6.07 Å². The van der Waals surface area contributed by atoms with E-state index in [0.717, 1.165) is 29.9 Å². The number of benzene rings is 1. The molecule has 1 aromatic heterocycles. The molecule has 0 spiro atoms. The Morgan fingerprint density at radius 2 is 1.95 bits per heavy atom. The number of rotatable bonds is 4. The number of nitrogens with one attached hydrogen (secondary N) is 1. The molecule has 1 N–H and O–H groups in total. The van der Waals surface area contributed by atoms with Crippen LogP contribution in [0.2, 0.25) is 0 Å². The Hall–Kier alpha value is -2.05. The lowest BCUT2D eigenvalue weighted by molar-refractivity contribution is -0.139. The Balaban J connectivity index is 2.15. The van der Waals surface area contributed by atoms with Crippen molar-refractivity contribution in [1.82, 2.24) is 9.78 Å². The molecule has 0 bridgehead atoms. The number of aromatic nitrogens is 2. The normalized spacial score (nSPS) is 11.7. The lowest BCUT2D eigenvalue weighted by Crippen LogP contribution is -2.10. The zero-order valence-corrected chi connectivity index (χ0v) is 11.6. The molecule has 0 aliphatic heterocycles. The average molecular weight is 301 g/mol. The van der Waals surface area contributed by atoms with Crippen molar-refractivity contribution < 1.29 is 17.6 Å². The lowest BCUT2D eigenvalue weighted by Gasteiger charge is -2.11. The second-order valence-electron chi connectivity index (χ2n) is 4.65. The smallest absolute Gasteiger partial charge is 0.379 e. The summed E-state index contributed by atoms with van der Waals surface area (Å²) in [6.45, 7) is 2.28. The fourth-order valence-corrected chi connectivity index (χ4v) is 1.95. The summed E-state index contributed by atoms with van der Waals surface area (Å²) in [6.07, 6.45) is -3.92. The molecule has 0 saturated heterocycles. The Labute approximate surface area is 119 Å². The van der Waals surface area contributed by atoms with Crippen LogP contribution in [0.4, 0.5) is 23.2 Å². The molecule has 7 heteroatoms. The van der Waals surface area contributed by atoms with Crippen LogP contribution >= 0.6 is 0 Å². The van der Waals surface area contributed by atoms with Crippen molar-refractivity contribution >= 4 is 5.69 Å². The molecule has 0 aliphatic carbocycles. The summed E-state index contributed by atoms with van der Waals surface area (Å²) in [6, 6.07) is 4.74. The van der Waals surface area contributed by atoms with Gasteiger partial charge in [0.25, 0.3) is 0 Å². The highest BCUT2D eigenvalue weighted by molar-refractivity contribution is 5.47. The minimum absolute atomic E-state index is 0.211. The Morgan fingerprint density at radius 1 is 1.24 bits per heavy atom. The van der Waals surface area contributed by atoms with Crippen molar-refractivity contribution in [2.75, 3.05) is 5.32 Å². The molecule has 0 aliphatic rings. The molecule has 0 fully saturated rings. The van der Waals surface area contributed by atoms with Gasteiger partial charge < -0.3 is 5.32 Å². The number of alkyl halides is 3. The van der Waals surface area contributed by atoms with Gasteiger partial charge in [0.05, 0.1) is 23.5 Å². The third-order valence-corrected chi connectivity index (χ3v) is 3.13. The van der Waals surface area contributed by atoms with E-state index >= 15 is 0 Å². The Morgan fingerprint density at radius 3 is 2.52 bits per heavy atom. The molecule has 3 nitrogen and oxygen atoms in total. The van der Waals surface area contributed by atoms with Crippen LogP contribution in [0, 0.1) is 5.82 Å². The van der Waals surface area contributed by atoms with E-state index in [2.05, 4.69) is 10.4 Å². The number of hydrogen-bond donors (Lipinski definition) is 1. The minimum Gasteiger partial charge on any atom is -0.379 e. The first kappa shape index (κ1) is 15.3. The Kier molecular flexibility index (Phi) is 4.20. The molecule has 114 valence electrons. The third kappa shape index (κ3) is 3.53. The first-order valence-corrected chi connectivity index (χ1v) is 6.43.